The summed E-state index contributed by atoms with van der Waals surface area (Å²) in [5.74, 6) is 0.412. The largest absolute Gasteiger partial charge is 1.00 e. The first kappa shape index (κ1) is 23.4. The first-order chi connectivity index (χ1) is 13.3. The molecule has 2 aliphatic carbocycles. The number of nitrogen functional groups attached to an aromatic ring is 1. The Hall–Kier alpha value is -1.83. The molecule has 1 heterocycles. The Bertz CT molecular complexity index is 862. The zero-order valence-corrected chi connectivity index (χ0v) is 19.9. The van der Waals surface area contributed by atoms with Crippen LogP contribution >= 0.6 is 0 Å². The van der Waals surface area contributed by atoms with E-state index in [1.165, 1.54) is 45.4 Å². The van der Waals surface area contributed by atoms with E-state index in [1.807, 2.05) is 6.07 Å². The van der Waals surface area contributed by atoms with E-state index in [-0.39, 0.29) is 31.1 Å². The smallest absolute Gasteiger partial charge is 0.383 e. The summed E-state index contributed by atoms with van der Waals surface area (Å²) >= 11 is 0. The third kappa shape index (κ3) is 5.41. The molecule has 1 fully saturated rings. The molecule has 7 heteroatoms. The van der Waals surface area contributed by atoms with Crippen LogP contribution < -0.4 is 16.8 Å². The fourth-order valence-corrected chi connectivity index (χ4v) is 4.16. The van der Waals surface area contributed by atoms with Crippen LogP contribution in [0.3, 0.4) is 0 Å². The fraction of sp³-hybridized carbons (Fsp3) is 0.500. The molecular formula is C22H30N5OOs. The number of nitrogens with zero attached hydrogens (tertiary/aromatic N) is 2. The minimum absolute atomic E-state index is 0. The molecule has 1 aromatic heterocycles. The number of carbonyl (C=O) groups is 1. The Morgan fingerprint density at radius 2 is 1.93 bits per heavy atom. The summed E-state index contributed by atoms with van der Waals surface area (Å²) in [5.41, 5.74) is 16.1. The van der Waals surface area contributed by atoms with Gasteiger partial charge in [0.25, 0.3) is 0 Å². The van der Waals surface area contributed by atoms with Crippen molar-refractivity contribution in [2.75, 3.05) is 11.1 Å². The first-order valence-corrected chi connectivity index (χ1v) is 9.97. The van der Waals surface area contributed by atoms with Crippen molar-refractivity contribution < 1.29 is 24.6 Å². The average molecular weight is 571 g/mol. The Morgan fingerprint density at radius 1 is 1.24 bits per heavy atom. The molecule has 2 aliphatic rings. The second-order valence-corrected chi connectivity index (χ2v) is 8.37. The number of benzene rings is 1. The molecule has 0 aliphatic heterocycles. The predicted molar refractivity (Wildman–Crippen MR) is 113 cm³/mol. The van der Waals surface area contributed by atoms with E-state index >= 15 is 0 Å². The predicted octanol–water partition coefficient (Wildman–Crippen LogP) is 3.59. The molecule has 1 amide bonds. The van der Waals surface area contributed by atoms with Gasteiger partial charge in [-0.15, -0.1) is 11.1 Å². The molecule has 1 aromatic carbocycles. The summed E-state index contributed by atoms with van der Waals surface area (Å²) < 4.78 is 0. The van der Waals surface area contributed by atoms with Gasteiger partial charge in [0.1, 0.15) is 12.1 Å². The zero-order valence-electron chi connectivity index (χ0n) is 17.4. The third-order valence-corrected chi connectivity index (χ3v) is 5.48. The molecule has 0 saturated heterocycles. The molecule has 5 N–H and O–H groups in total. The SMILES string of the molecule is CC(=O)Nc1[c-]ccc2c1CC(C)(C)c1c(N)ncnc1-2.NC1CCCCC1.[Os+]. The van der Waals surface area contributed by atoms with Crippen molar-refractivity contribution in [1.82, 2.24) is 9.97 Å². The number of nitrogens with one attached hydrogen (secondary N) is 1. The van der Waals surface area contributed by atoms with Crippen LogP contribution in [0.5, 0.6) is 0 Å². The van der Waals surface area contributed by atoms with Crippen molar-refractivity contribution in [2.45, 2.75) is 70.8 Å². The molecule has 6 nitrogen and oxygen atoms in total. The number of hydrogen-bond donors (Lipinski definition) is 3. The molecule has 29 heavy (non-hydrogen) atoms. The molecule has 0 spiro atoms. The quantitative estimate of drug-likeness (QED) is 0.455. The number of rotatable bonds is 1. The molecule has 2 aromatic rings. The van der Waals surface area contributed by atoms with Crippen molar-refractivity contribution in [1.29, 1.82) is 0 Å². The number of aromatic nitrogens is 2. The molecule has 0 bridgehead atoms. The van der Waals surface area contributed by atoms with Gasteiger partial charge in [0.05, 0.1) is 5.69 Å². The van der Waals surface area contributed by atoms with E-state index in [0.717, 1.165) is 34.5 Å². The van der Waals surface area contributed by atoms with Crippen LogP contribution in [0, 0.1) is 6.07 Å². The van der Waals surface area contributed by atoms with Crippen LogP contribution in [-0.4, -0.2) is 21.9 Å². The van der Waals surface area contributed by atoms with E-state index in [4.69, 9.17) is 11.5 Å². The van der Waals surface area contributed by atoms with Gasteiger partial charge in [0.15, 0.2) is 0 Å². The third-order valence-electron chi connectivity index (χ3n) is 5.48. The van der Waals surface area contributed by atoms with E-state index in [0.29, 0.717) is 11.9 Å². The molecular weight excluding hydrogens is 541 g/mol. The van der Waals surface area contributed by atoms with Crippen LogP contribution in [0.25, 0.3) is 11.3 Å². The molecule has 0 atom stereocenters. The zero-order chi connectivity index (χ0) is 20.3. The van der Waals surface area contributed by atoms with E-state index in [2.05, 4.69) is 35.2 Å². The summed E-state index contributed by atoms with van der Waals surface area (Å²) in [7, 11) is 0. The van der Waals surface area contributed by atoms with Gasteiger partial charge in [-0.3, -0.25) is 4.79 Å². The Morgan fingerprint density at radius 3 is 2.52 bits per heavy atom. The molecule has 4 rings (SSSR count). The topological polar surface area (TPSA) is 107 Å². The maximum Gasteiger partial charge on any atom is 1.00 e. The average Bonchev–Trinajstić information content (AvgIpc) is 2.63. The second kappa shape index (κ2) is 9.78. The van der Waals surface area contributed by atoms with Gasteiger partial charge in [-0.2, -0.15) is 18.2 Å². The van der Waals surface area contributed by atoms with Crippen LogP contribution in [0.4, 0.5) is 11.5 Å². The van der Waals surface area contributed by atoms with Crippen molar-refractivity contribution >= 4 is 17.4 Å². The van der Waals surface area contributed by atoms with Gasteiger partial charge in [0.2, 0.25) is 5.91 Å². The number of fused-ring (bicyclic) bond motifs is 3. The van der Waals surface area contributed by atoms with Gasteiger partial charge in [0, 0.05) is 18.5 Å². The molecule has 1 radical (unpaired) electrons. The minimum atomic E-state index is -0.198. The summed E-state index contributed by atoms with van der Waals surface area (Å²) in [6, 6.07) is 7.40. The number of nitrogens with two attached hydrogens (primary N) is 2. The normalized spacial score (nSPS) is 17.0. The first-order valence-electron chi connectivity index (χ1n) is 9.97. The van der Waals surface area contributed by atoms with Gasteiger partial charge < -0.3 is 16.8 Å². The van der Waals surface area contributed by atoms with Crippen molar-refractivity contribution in [2.24, 2.45) is 5.73 Å². The summed E-state index contributed by atoms with van der Waals surface area (Å²) in [5, 5.41) is 2.85. The Kier molecular flexibility index (Phi) is 7.91. The Labute approximate surface area is 186 Å². The second-order valence-electron chi connectivity index (χ2n) is 8.37. The fourth-order valence-electron chi connectivity index (χ4n) is 4.16. The van der Waals surface area contributed by atoms with Crippen molar-refractivity contribution in [3.8, 4) is 11.3 Å². The van der Waals surface area contributed by atoms with E-state index in [9.17, 15) is 4.79 Å². The van der Waals surface area contributed by atoms with Crippen molar-refractivity contribution in [3.63, 3.8) is 0 Å². The van der Waals surface area contributed by atoms with Gasteiger partial charge in [-0.1, -0.05) is 45.2 Å². The minimum Gasteiger partial charge on any atom is -0.383 e. The van der Waals surface area contributed by atoms with Crippen LogP contribution in [-0.2, 0) is 36.4 Å². The molecule has 157 valence electrons. The van der Waals surface area contributed by atoms with E-state index < -0.39 is 0 Å². The van der Waals surface area contributed by atoms with Crippen LogP contribution in [0.15, 0.2) is 18.5 Å². The monoisotopic (exact) mass is 572 g/mol. The van der Waals surface area contributed by atoms with Gasteiger partial charge >= 0.3 is 19.8 Å². The van der Waals surface area contributed by atoms with Gasteiger partial charge in [-0.25, -0.2) is 9.97 Å². The molecule has 1 saturated carbocycles. The van der Waals surface area contributed by atoms with Crippen LogP contribution in [0.2, 0.25) is 0 Å². The van der Waals surface area contributed by atoms with Crippen molar-refractivity contribution in [3.05, 3.63) is 35.7 Å². The van der Waals surface area contributed by atoms with E-state index in [1.54, 1.807) is 6.07 Å². The number of hydrogen-bond acceptors (Lipinski definition) is 5. The molecule has 0 unspecified atom stereocenters. The van der Waals surface area contributed by atoms with Gasteiger partial charge in [-0.05, 0) is 18.3 Å². The Balaban J connectivity index is 0.000000319. The maximum absolute atomic E-state index is 11.4. The summed E-state index contributed by atoms with van der Waals surface area (Å²) in [4.78, 5) is 19.9. The number of carbonyl (C=O) groups excluding carboxylic acids is 1. The standard InChI is InChI=1S/C16H17N4O.C6H13N.Os/c1-9(21)20-12-6-4-5-10-11(12)7-16(2,3)13-14(10)18-8-19-15(13)17;7-6-4-2-1-3-5-6;/h4-5,8H,7H2,1-3H3,(H,20,21)(H2,17,18,19);6H,1-5,7H2;/q-1;;+1. The number of anilines is 2. The number of amides is 1. The maximum atomic E-state index is 11.4. The van der Waals surface area contributed by atoms with Crippen LogP contribution in [0.1, 0.15) is 64.0 Å². The summed E-state index contributed by atoms with van der Waals surface area (Å²) in [6.45, 7) is 5.72. The summed E-state index contributed by atoms with van der Waals surface area (Å²) in [6.07, 6.45) is 8.89.